The van der Waals surface area contributed by atoms with E-state index < -0.39 is 12.0 Å². The molecule has 1 amide bonds. The molecule has 0 fully saturated rings. The van der Waals surface area contributed by atoms with Gasteiger partial charge in [0.25, 0.3) is 11.5 Å². The van der Waals surface area contributed by atoms with Crippen molar-refractivity contribution in [3.63, 3.8) is 0 Å². The number of hydrogen-bond acceptors (Lipinski definition) is 7. The predicted octanol–water partition coefficient (Wildman–Crippen LogP) is 2.19. The number of ether oxygens (including phenoxy) is 1. The van der Waals surface area contributed by atoms with Gasteiger partial charge in [-0.3, -0.25) is 14.2 Å². The van der Waals surface area contributed by atoms with Crippen molar-refractivity contribution >= 4 is 40.2 Å². The van der Waals surface area contributed by atoms with E-state index in [0.717, 1.165) is 22.6 Å². The Morgan fingerprint density at radius 3 is 2.54 bits per heavy atom. The van der Waals surface area contributed by atoms with Crippen molar-refractivity contribution in [2.75, 3.05) is 30.9 Å². The molecule has 0 spiro atoms. The second-order valence-electron chi connectivity index (χ2n) is 8.48. The first-order chi connectivity index (χ1) is 16.8. The summed E-state index contributed by atoms with van der Waals surface area (Å²) in [7, 11) is 3.89. The van der Waals surface area contributed by atoms with Crippen LogP contribution in [0.2, 0.25) is 0 Å². The number of benzene rings is 2. The minimum absolute atomic E-state index is 0.202. The summed E-state index contributed by atoms with van der Waals surface area (Å²) in [6.45, 7) is 3.68. The minimum atomic E-state index is -0.726. The number of carbonyl (C=O) groups excluding carboxylic acids is 2. The van der Waals surface area contributed by atoms with Crippen molar-refractivity contribution in [1.82, 2.24) is 4.57 Å². The van der Waals surface area contributed by atoms with E-state index in [-0.39, 0.29) is 18.1 Å². The largest absolute Gasteiger partial charge is 0.463 e. The lowest BCUT2D eigenvalue weighted by Crippen LogP contribution is -2.40. The highest BCUT2D eigenvalue weighted by Gasteiger charge is 2.35. The summed E-state index contributed by atoms with van der Waals surface area (Å²) in [5.41, 5.74) is 3.83. The van der Waals surface area contributed by atoms with Crippen molar-refractivity contribution in [2.45, 2.75) is 19.9 Å². The molecule has 2 aliphatic heterocycles. The van der Waals surface area contributed by atoms with Crippen LogP contribution in [-0.2, 0) is 14.3 Å². The van der Waals surface area contributed by atoms with E-state index >= 15 is 0 Å². The highest BCUT2D eigenvalue weighted by Crippen LogP contribution is 2.33. The summed E-state index contributed by atoms with van der Waals surface area (Å²) in [6, 6.07) is 14.2. The van der Waals surface area contributed by atoms with Gasteiger partial charge in [0, 0.05) is 31.0 Å². The van der Waals surface area contributed by atoms with Gasteiger partial charge in [0.15, 0.2) is 4.80 Å². The van der Waals surface area contributed by atoms with E-state index in [4.69, 9.17) is 4.74 Å². The molecular formula is C26H24N4O4S. The van der Waals surface area contributed by atoms with Crippen LogP contribution in [0, 0.1) is 0 Å². The molecule has 35 heavy (non-hydrogen) atoms. The maximum atomic E-state index is 13.9. The van der Waals surface area contributed by atoms with Crippen LogP contribution in [0.3, 0.4) is 0 Å². The second-order valence-corrected chi connectivity index (χ2v) is 9.46. The van der Waals surface area contributed by atoms with Crippen molar-refractivity contribution in [2.24, 2.45) is 4.99 Å². The monoisotopic (exact) mass is 488 g/mol. The molecule has 178 valence electrons. The van der Waals surface area contributed by atoms with Gasteiger partial charge in [0.1, 0.15) is 4.53 Å². The number of amides is 1. The zero-order chi connectivity index (χ0) is 24.9. The van der Waals surface area contributed by atoms with Crippen LogP contribution in [0.4, 0.5) is 11.4 Å². The topological polar surface area (TPSA) is 93.0 Å². The molecule has 0 radical (unpaired) electrons. The average molecular weight is 489 g/mol. The molecule has 3 heterocycles. The van der Waals surface area contributed by atoms with Gasteiger partial charge in [-0.25, -0.2) is 9.79 Å². The third-order valence-electron chi connectivity index (χ3n) is 6.12. The lowest BCUT2D eigenvalue weighted by Gasteiger charge is -2.25. The summed E-state index contributed by atoms with van der Waals surface area (Å²) in [6.07, 6.45) is 0. The number of aromatic nitrogens is 1. The molecule has 0 unspecified atom stereocenters. The molecule has 9 heteroatoms. The number of nitrogens with one attached hydrogen (secondary N) is 1. The molecule has 0 bridgehead atoms. The van der Waals surface area contributed by atoms with Crippen LogP contribution in [0.15, 0.2) is 69.6 Å². The third kappa shape index (κ3) is 3.68. The number of carbonyl (C=O) groups is 2. The Hall–Kier alpha value is -3.98. The minimum Gasteiger partial charge on any atom is -0.463 e. The van der Waals surface area contributed by atoms with Crippen LogP contribution in [0.5, 0.6) is 0 Å². The molecule has 8 nitrogen and oxygen atoms in total. The second kappa shape index (κ2) is 8.66. The van der Waals surface area contributed by atoms with Gasteiger partial charge in [0.05, 0.1) is 29.5 Å². The molecule has 1 aromatic heterocycles. The molecule has 0 aliphatic carbocycles. The number of rotatable bonds is 4. The predicted molar refractivity (Wildman–Crippen MR) is 135 cm³/mol. The van der Waals surface area contributed by atoms with Crippen molar-refractivity contribution in [3.05, 3.63) is 90.6 Å². The van der Waals surface area contributed by atoms with Gasteiger partial charge < -0.3 is 15.0 Å². The zero-order valence-corrected chi connectivity index (χ0v) is 20.6. The van der Waals surface area contributed by atoms with Crippen LogP contribution < -0.4 is 25.1 Å². The Kier molecular flexibility index (Phi) is 5.64. The summed E-state index contributed by atoms with van der Waals surface area (Å²) >= 11 is 1.16. The summed E-state index contributed by atoms with van der Waals surface area (Å²) in [5.74, 6) is -0.845. The first-order valence-electron chi connectivity index (χ1n) is 11.2. The Labute approximate surface area is 205 Å². The molecule has 1 atom stereocenters. The molecule has 1 N–H and O–H groups in total. The number of fused-ring (bicyclic) bond motifs is 2. The zero-order valence-electron chi connectivity index (χ0n) is 19.8. The number of allylic oxidation sites excluding steroid dienone is 1. The van der Waals surface area contributed by atoms with E-state index in [1.807, 2.05) is 61.5 Å². The molecule has 2 aromatic carbocycles. The van der Waals surface area contributed by atoms with Crippen molar-refractivity contribution in [3.8, 4) is 0 Å². The number of anilines is 2. The number of nitrogens with zero attached hydrogens (tertiary/aromatic N) is 3. The Morgan fingerprint density at radius 2 is 1.86 bits per heavy atom. The van der Waals surface area contributed by atoms with Gasteiger partial charge >= 0.3 is 5.97 Å². The number of esters is 1. The van der Waals surface area contributed by atoms with E-state index in [0.29, 0.717) is 37.4 Å². The van der Waals surface area contributed by atoms with Gasteiger partial charge in [-0.15, -0.1) is 0 Å². The van der Waals surface area contributed by atoms with E-state index in [9.17, 15) is 14.4 Å². The lowest BCUT2D eigenvalue weighted by molar-refractivity contribution is -0.139. The van der Waals surface area contributed by atoms with Gasteiger partial charge in [-0.2, -0.15) is 0 Å². The van der Waals surface area contributed by atoms with Crippen LogP contribution >= 0.6 is 11.3 Å². The number of para-hydroxylation sites is 1. The van der Waals surface area contributed by atoms with E-state index in [2.05, 4.69) is 10.3 Å². The Morgan fingerprint density at radius 1 is 1.14 bits per heavy atom. The van der Waals surface area contributed by atoms with Crippen LogP contribution in [0.25, 0.3) is 5.57 Å². The smallest absolute Gasteiger partial charge is 0.338 e. The van der Waals surface area contributed by atoms with Gasteiger partial charge in [0.2, 0.25) is 0 Å². The van der Waals surface area contributed by atoms with Crippen molar-refractivity contribution in [1.29, 1.82) is 0 Å². The standard InChI is InChI=1S/C26H24N4O4S/c1-5-34-25(33)19-14(2)27-26-30(21(19)15-10-12-16(13-11-15)29(3)4)24(32)22(35-26)20-17-8-6-7-9-18(17)28-23(20)31/h6-13,21H,5H2,1-4H3,(H,28,31)/b22-20-/t21-/m1/s1. The quantitative estimate of drug-likeness (QED) is 0.569. The molecule has 2 aliphatic rings. The summed E-state index contributed by atoms with van der Waals surface area (Å²) in [5, 5.41) is 2.83. The van der Waals surface area contributed by atoms with E-state index in [1.54, 1.807) is 19.9 Å². The molecular weight excluding hydrogens is 464 g/mol. The molecule has 0 saturated heterocycles. The highest BCUT2D eigenvalue weighted by molar-refractivity contribution is 7.07. The third-order valence-corrected chi connectivity index (χ3v) is 7.17. The van der Waals surface area contributed by atoms with Crippen LogP contribution in [0.1, 0.15) is 31.0 Å². The fourth-order valence-corrected chi connectivity index (χ4v) is 5.60. The van der Waals surface area contributed by atoms with Gasteiger partial charge in [-0.05, 0) is 37.6 Å². The first kappa shape index (κ1) is 22.8. The van der Waals surface area contributed by atoms with E-state index in [1.165, 1.54) is 4.57 Å². The maximum Gasteiger partial charge on any atom is 0.338 e. The highest BCUT2D eigenvalue weighted by atomic mass is 32.1. The molecule has 5 rings (SSSR count). The first-order valence-corrected chi connectivity index (χ1v) is 12.0. The summed E-state index contributed by atoms with van der Waals surface area (Å²) < 4.78 is 7.14. The van der Waals surface area contributed by atoms with Crippen molar-refractivity contribution < 1.29 is 14.3 Å². The summed E-state index contributed by atoms with van der Waals surface area (Å²) in [4.78, 5) is 46.8. The maximum absolute atomic E-state index is 13.9. The fraction of sp³-hybridized carbons (Fsp3) is 0.231. The lowest BCUT2D eigenvalue weighted by atomic mass is 9.95. The molecule has 0 saturated carbocycles. The van der Waals surface area contributed by atoms with Gasteiger partial charge in [-0.1, -0.05) is 41.7 Å². The number of thiazole rings is 1. The Balaban J connectivity index is 1.79. The fourth-order valence-electron chi connectivity index (χ4n) is 4.45. The molecule has 3 aromatic rings. The Bertz CT molecular complexity index is 1580. The average Bonchev–Trinajstić information content (AvgIpc) is 3.33. The number of hydrogen-bond donors (Lipinski definition) is 1. The van der Waals surface area contributed by atoms with Crippen LogP contribution in [-0.4, -0.2) is 37.1 Å². The SMILES string of the molecule is CCOC(=O)C1=C(C)N=c2s/c(=C3\C(=O)Nc4ccccc43)c(=O)n2[C@@H]1c1ccc(N(C)C)cc1. The normalized spacial score (nSPS) is 17.9.